The lowest BCUT2D eigenvalue weighted by atomic mass is 9.96. The van der Waals surface area contributed by atoms with E-state index in [9.17, 15) is 4.79 Å². The predicted octanol–water partition coefficient (Wildman–Crippen LogP) is 3.75. The number of rotatable bonds is 3. The maximum Gasteiger partial charge on any atom is 0.228 e. The molecule has 2 heterocycles. The van der Waals surface area contributed by atoms with Gasteiger partial charge in [-0.25, -0.2) is 4.98 Å². The highest BCUT2D eigenvalue weighted by Crippen LogP contribution is 2.23. The van der Waals surface area contributed by atoms with Crippen LogP contribution < -0.4 is 5.32 Å². The number of fused-ring (bicyclic) bond motifs is 1. The van der Waals surface area contributed by atoms with Crippen molar-refractivity contribution in [1.29, 1.82) is 0 Å². The fraction of sp³-hybridized carbons (Fsp3) is 0.200. The smallest absolute Gasteiger partial charge is 0.228 e. The molecule has 1 N–H and O–H groups in total. The summed E-state index contributed by atoms with van der Waals surface area (Å²) in [6.45, 7) is 0.861. The van der Waals surface area contributed by atoms with Gasteiger partial charge in [0.25, 0.3) is 0 Å². The first-order valence-electron chi connectivity index (χ1n) is 8.26. The highest BCUT2D eigenvalue weighted by molar-refractivity contribution is 5.93. The quantitative estimate of drug-likeness (QED) is 0.799. The van der Waals surface area contributed by atoms with E-state index < -0.39 is 0 Å². The number of nitrogens with one attached hydrogen (secondary N) is 1. The maximum atomic E-state index is 12.5. The topological polar surface area (TPSA) is 46.9 Å². The fourth-order valence-corrected chi connectivity index (χ4v) is 3.20. The van der Waals surface area contributed by atoms with E-state index in [4.69, 9.17) is 0 Å². The van der Waals surface area contributed by atoms with Gasteiger partial charge in [0.1, 0.15) is 5.82 Å². The lowest BCUT2D eigenvalue weighted by Crippen LogP contribution is -2.30. The van der Waals surface area contributed by atoms with Gasteiger partial charge in [0.2, 0.25) is 5.91 Å². The normalized spacial score (nSPS) is 16.4. The minimum Gasteiger partial charge on any atom is -0.335 e. The van der Waals surface area contributed by atoms with Crippen LogP contribution in [0.5, 0.6) is 0 Å². The average Bonchev–Trinajstić information content (AvgIpc) is 3.11. The molecule has 0 radical (unpaired) electrons. The van der Waals surface area contributed by atoms with Crippen LogP contribution in [0.25, 0.3) is 11.1 Å². The Balaban J connectivity index is 1.43. The number of nitrogens with zero attached hydrogens (tertiary/aromatic N) is 2. The van der Waals surface area contributed by atoms with Crippen molar-refractivity contribution < 1.29 is 4.79 Å². The Morgan fingerprint density at radius 2 is 1.79 bits per heavy atom. The first-order valence-corrected chi connectivity index (χ1v) is 8.26. The van der Waals surface area contributed by atoms with Crippen molar-refractivity contribution in [3.05, 3.63) is 72.8 Å². The van der Waals surface area contributed by atoms with Gasteiger partial charge >= 0.3 is 0 Å². The number of hydrogen-bond donors (Lipinski definition) is 1. The van der Waals surface area contributed by atoms with E-state index in [0.29, 0.717) is 6.42 Å². The van der Waals surface area contributed by atoms with Crippen molar-refractivity contribution in [1.82, 2.24) is 9.55 Å². The number of aryl methyl sites for hydroxylation is 1. The summed E-state index contributed by atoms with van der Waals surface area (Å²) in [6.07, 6.45) is 5.35. The van der Waals surface area contributed by atoms with Crippen LogP contribution in [0.3, 0.4) is 0 Å². The van der Waals surface area contributed by atoms with Crippen LogP contribution in [0, 0.1) is 5.92 Å². The van der Waals surface area contributed by atoms with Gasteiger partial charge in [-0.15, -0.1) is 0 Å². The van der Waals surface area contributed by atoms with Gasteiger partial charge in [-0.3, -0.25) is 4.79 Å². The molecule has 120 valence electrons. The molecule has 0 saturated carbocycles. The number of hydrogen-bond acceptors (Lipinski definition) is 2. The van der Waals surface area contributed by atoms with Crippen LogP contribution in [0.1, 0.15) is 12.2 Å². The molecule has 3 aromatic rings. The lowest BCUT2D eigenvalue weighted by molar-refractivity contribution is -0.120. The molecule has 24 heavy (non-hydrogen) atoms. The number of carbonyl (C=O) groups excluding carboxylic acids is 1. The van der Waals surface area contributed by atoms with E-state index in [0.717, 1.165) is 30.0 Å². The third kappa shape index (κ3) is 2.95. The maximum absolute atomic E-state index is 12.5. The van der Waals surface area contributed by atoms with Crippen LogP contribution in [0.15, 0.2) is 67.0 Å². The Hall–Kier alpha value is -2.88. The molecule has 1 atom stereocenters. The lowest BCUT2D eigenvalue weighted by Gasteiger charge is -2.22. The summed E-state index contributed by atoms with van der Waals surface area (Å²) in [6, 6.07) is 18.2. The number of aromatic nitrogens is 2. The van der Waals surface area contributed by atoms with Crippen LogP contribution >= 0.6 is 0 Å². The SMILES string of the molecule is O=C(Nc1ccc(-c2ccccc2)cc1)[C@@H]1CCn2ccnc2C1. The van der Waals surface area contributed by atoms with E-state index in [1.807, 2.05) is 48.7 Å². The molecule has 0 saturated heterocycles. The standard InChI is InChI=1S/C20H19N3O/c24-20(17-10-12-23-13-11-21-19(23)14-17)22-18-8-6-16(7-9-18)15-4-2-1-3-5-15/h1-9,11,13,17H,10,12,14H2,(H,22,24)/t17-/m1/s1. The number of amides is 1. The molecule has 0 aliphatic carbocycles. The second-order valence-electron chi connectivity index (χ2n) is 6.16. The zero-order chi connectivity index (χ0) is 16.4. The summed E-state index contributed by atoms with van der Waals surface area (Å²) in [7, 11) is 0. The van der Waals surface area contributed by atoms with Crippen LogP contribution in [-0.2, 0) is 17.8 Å². The Labute approximate surface area is 141 Å². The van der Waals surface area contributed by atoms with Crippen molar-refractivity contribution in [3.8, 4) is 11.1 Å². The van der Waals surface area contributed by atoms with Crippen molar-refractivity contribution in [2.75, 3.05) is 5.32 Å². The minimum atomic E-state index is -0.00583. The number of imidazole rings is 1. The highest BCUT2D eigenvalue weighted by Gasteiger charge is 2.25. The molecule has 1 aromatic heterocycles. The van der Waals surface area contributed by atoms with Crippen LogP contribution in [0.4, 0.5) is 5.69 Å². The summed E-state index contributed by atoms with van der Waals surface area (Å²) in [5.74, 6) is 1.08. The minimum absolute atomic E-state index is 0.00583. The third-order valence-corrected chi connectivity index (χ3v) is 4.58. The molecule has 1 aliphatic heterocycles. The van der Waals surface area contributed by atoms with Gasteiger partial charge < -0.3 is 9.88 Å². The number of benzene rings is 2. The second kappa shape index (κ2) is 6.32. The van der Waals surface area contributed by atoms with E-state index in [1.54, 1.807) is 6.20 Å². The number of anilines is 1. The summed E-state index contributed by atoms with van der Waals surface area (Å²) in [4.78, 5) is 16.8. The van der Waals surface area contributed by atoms with Gasteiger partial charge in [0.05, 0.1) is 0 Å². The van der Waals surface area contributed by atoms with E-state index in [1.165, 1.54) is 5.56 Å². The summed E-state index contributed by atoms with van der Waals surface area (Å²) in [5, 5.41) is 3.04. The van der Waals surface area contributed by atoms with E-state index in [2.05, 4.69) is 27.0 Å². The Kier molecular flexibility index (Phi) is 3.87. The molecular formula is C20H19N3O. The van der Waals surface area contributed by atoms with Gasteiger partial charge in [-0.05, 0) is 29.7 Å². The molecule has 1 amide bonds. The molecule has 0 spiro atoms. The molecule has 0 fully saturated rings. The van der Waals surface area contributed by atoms with Crippen LogP contribution in [0.2, 0.25) is 0 Å². The second-order valence-corrected chi connectivity index (χ2v) is 6.16. The van der Waals surface area contributed by atoms with Gasteiger partial charge in [-0.1, -0.05) is 42.5 Å². The first kappa shape index (κ1) is 14.7. The summed E-state index contributed by atoms with van der Waals surface area (Å²) >= 11 is 0. The molecular weight excluding hydrogens is 298 g/mol. The summed E-state index contributed by atoms with van der Waals surface area (Å²) < 4.78 is 2.12. The van der Waals surface area contributed by atoms with Crippen molar-refractivity contribution in [2.24, 2.45) is 5.92 Å². The Bertz CT molecular complexity index is 837. The van der Waals surface area contributed by atoms with Gasteiger partial charge in [-0.2, -0.15) is 0 Å². The fourth-order valence-electron chi connectivity index (χ4n) is 3.20. The van der Waals surface area contributed by atoms with E-state index >= 15 is 0 Å². The monoisotopic (exact) mass is 317 g/mol. The van der Waals surface area contributed by atoms with Crippen LogP contribution in [-0.4, -0.2) is 15.5 Å². The number of carbonyl (C=O) groups is 1. The molecule has 4 nitrogen and oxygen atoms in total. The van der Waals surface area contributed by atoms with Gasteiger partial charge in [0.15, 0.2) is 0 Å². The highest BCUT2D eigenvalue weighted by atomic mass is 16.1. The van der Waals surface area contributed by atoms with Crippen molar-refractivity contribution >= 4 is 11.6 Å². The van der Waals surface area contributed by atoms with Crippen molar-refractivity contribution in [2.45, 2.75) is 19.4 Å². The first-order chi connectivity index (χ1) is 11.8. The van der Waals surface area contributed by atoms with Crippen molar-refractivity contribution in [3.63, 3.8) is 0 Å². The summed E-state index contributed by atoms with van der Waals surface area (Å²) in [5.41, 5.74) is 3.16. The molecule has 4 rings (SSSR count). The largest absolute Gasteiger partial charge is 0.335 e. The molecule has 2 aromatic carbocycles. The zero-order valence-electron chi connectivity index (χ0n) is 13.4. The molecule has 1 aliphatic rings. The van der Waals surface area contributed by atoms with Gasteiger partial charge in [0, 0.05) is 37.0 Å². The Morgan fingerprint density at radius 3 is 2.58 bits per heavy atom. The van der Waals surface area contributed by atoms with E-state index in [-0.39, 0.29) is 11.8 Å². The molecule has 4 heteroatoms. The third-order valence-electron chi connectivity index (χ3n) is 4.58. The zero-order valence-corrected chi connectivity index (χ0v) is 13.4. The predicted molar refractivity (Wildman–Crippen MR) is 94.5 cm³/mol. The average molecular weight is 317 g/mol. The molecule has 0 unspecified atom stereocenters. The molecule has 0 bridgehead atoms. The Morgan fingerprint density at radius 1 is 1.04 bits per heavy atom.